The van der Waals surface area contributed by atoms with Crippen molar-refractivity contribution in [1.29, 1.82) is 0 Å². The minimum absolute atomic E-state index is 0.0991. The second-order valence-corrected chi connectivity index (χ2v) is 8.04. The number of nitrogens with zero attached hydrogens (tertiary/aromatic N) is 3. The van der Waals surface area contributed by atoms with Gasteiger partial charge in [-0.25, -0.2) is 4.98 Å². The van der Waals surface area contributed by atoms with Crippen LogP contribution in [0.1, 0.15) is 36.0 Å². The van der Waals surface area contributed by atoms with Crippen LogP contribution in [0.3, 0.4) is 0 Å². The van der Waals surface area contributed by atoms with E-state index in [0.29, 0.717) is 17.2 Å². The smallest absolute Gasteiger partial charge is 0.253 e. The van der Waals surface area contributed by atoms with Gasteiger partial charge in [0.15, 0.2) is 0 Å². The predicted octanol–water partition coefficient (Wildman–Crippen LogP) is 3.43. The average molecular weight is 405 g/mol. The normalized spacial score (nSPS) is 18.7. The number of nitrogen functional groups attached to an aromatic ring is 1. The van der Waals surface area contributed by atoms with Crippen molar-refractivity contribution in [2.75, 3.05) is 30.0 Å². The minimum atomic E-state index is -0.0991. The van der Waals surface area contributed by atoms with Gasteiger partial charge in [-0.1, -0.05) is 24.3 Å². The Morgan fingerprint density at radius 2 is 1.63 bits per heavy atom. The lowest BCUT2D eigenvalue weighted by molar-refractivity contribution is 0.0927. The fourth-order valence-electron chi connectivity index (χ4n) is 4.00. The Balaban J connectivity index is 1.38. The number of carbonyl (C=O) groups is 1. The number of nitrogens with one attached hydrogen (secondary N) is 2. The van der Waals surface area contributed by atoms with Crippen LogP contribution < -0.4 is 21.3 Å². The highest BCUT2D eigenvalue weighted by atomic mass is 16.1. The number of anilines is 3. The second kappa shape index (κ2) is 8.57. The number of rotatable bonds is 5. The summed E-state index contributed by atoms with van der Waals surface area (Å²) in [5, 5.41) is 7.67. The zero-order valence-electron chi connectivity index (χ0n) is 17.4. The van der Waals surface area contributed by atoms with Crippen molar-refractivity contribution in [3.8, 4) is 0 Å². The topological polar surface area (TPSA) is 96.2 Å². The van der Waals surface area contributed by atoms with Crippen LogP contribution in [0.25, 0.3) is 10.9 Å². The summed E-state index contributed by atoms with van der Waals surface area (Å²) in [5.41, 5.74) is 7.90. The maximum atomic E-state index is 12.5. The molecule has 7 nitrogen and oxygen atoms in total. The van der Waals surface area contributed by atoms with E-state index in [1.54, 1.807) is 12.1 Å². The lowest BCUT2D eigenvalue weighted by Crippen LogP contribution is -2.40. The van der Waals surface area contributed by atoms with Crippen LogP contribution in [0.5, 0.6) is 0 Å². The number of aromatic nitrogens is 2. The molecule has 0 atom stereocenters. The number of fused-ring (bicyclic) bond motifs is 1. The summed E-state index contributed by atoms with van der Waals surface area (Å²) in [6.07, 6.45) is 3.71. The standard InChI is InChI=1S/C23H28N6O/c1-29(2)21-18-8-4-6-10-20(18)27-23(28-21)26-16-13-11-15(12-14-16)25-22(30)17-7-3-5-9-19(17)24/h3-10,15-16H,11-14,24H2,1-2H3,(H,25,30)(H,26,27,28). The Labute approximate surface area is 176 Å². The zero-order chi connectivity index (χ0) is 21.1. The summed E-state index contributed by atoms with van der Waals surface area (Å²) in [7, 11) is 3.98. The summed E-state index contributed by atoms with van der Waals surface area (Å²) in [6, 6.07) is 15.7. The van der Waals surface area contributed by atoms with Crippen molar-refractivity contribution >= 4 is 34.3 Å². The molecule has 1 amide bonds. The molecule has 3 aromatic rings. The van der Waals surface area contributed by atoms with Gasteiger partial charge in [0, 0.05) is 37.3 Å². The first-order chi connectivity index (χ1) is 14.5. The maximum absolute atomic E-state index is 12.5. The van der Waals surface area contributed by atoms with Crippen LogP contribution in [0.4, 0.5) is 17.5 Å². The number of amides is 1. The van der Waals surface area contributed by atoms with Crippen LogP contribution in [-0.2, 0) is 0 Å². The van der Waals surface area contributed by atoms with Crippen LogP contribution >= 0.6 is 0 Å². The van der Waals surface area contributed by atoms with Crippen LogP contribution in [0.15, 0.2) is 48.5 Å². The molecular formula is C23H28N6O. The molecule has 156 valence electrons. The van der Waals surface area contributed by atoms with E-state index in [-0.39, 0.29) is 18.0 Å². The van der Waals surface area contributed by atoms with Gasteiger partial charge in [-0.05, 0) is 49.9 Å². The number of hydrogen-bond donors (Lipinski definition) is 3. The van der Waals surface area contributed by atoms with Gasteiger partial charge < -0.3 is 21.3 Å². The molecule has 4 rings (SSSR count). The minimum Gasteiger partial charge on any atom is -0.398 e. The summed E-state index contributed by atoms with van der Waals surface area (Å²) in [6.45, 7) is 0. The van der Waals surface area contributed by atoms with Crippen molar-refractivity contribution in [3.63, 3.8) is 0 Å². The molecule has 0 spiro atoms. The molecule has 0 aliphatic heterocycles. The molecule has 0 radical (unpaired) electrons. The number of para-hydroxylation sites is 2. The van der Waals surface area contributed by atoms with Crippen molar-refractivity contribution < 1.29 is 4.79 Å². The molecule has 0 unspecified atom stereocenters. The molecule has 7 heteroatoms. The molecule has 1 fully saturated rings. The molecule has 1 heterocycles. The van der Waals surface area contributed by atoms with E-state index in [1.807, 2.05) is 55.4 Å². The summed E-state index contributed by atoms with van der Waals surface area (Å²) in [5.74, 6) is 1.46. The van der Waals surface area contributed by atoms with E-state index in [4.69, 9.17) is 15.7 Å². The van der Waals surface area contributed by atoms with Crippen molar-refractivity contribution in [2.24, 2.45) is 0 Å². The SMILES string of the molecule is CN(C)c1nc(NC2CCC(NC(=O)c3ccccc3N)CC2)nc2ccccc12. The second-order valence-electron chi connectivity index (χ2n) is 8.04. The van der Waals surface area contributed by atoms with Gasteiger partial charge in [-0.3, -0.25) is 4.79 Å². The first-order valence-electron chi connectivity index (χ1n) is 10.4. The van der Waals surface area contributed by atoms with Gasteiger partial charge in [0.25, 0.3) is 5.91 Å². The summed E-state index contributed by atoms with van der Waals surface area (Å²) < 4.78 is 0. The molecule has 4 N–H and O–H groups in total. The number of carbonyl (C=O) groups excluding carboxylic acids is 1. The predicted molar refractivity (Wildman–Crippen MR) is 122 cm³/mol. The third kappa shape index (κ3) is 4.30. The van der Waals surface area contributed by atoms with E-state index < -0.39 is 0 Å². The first-order valence-corrected chi connectivity index (χ1v) is 10.4. The van der Waals surface area contributed by atoms with E-state index in [0.717, 1.165) is 42.4 Å². The molecule has 1 saturated carbocycles. The summed E-state index contributed by atoms with van der Waals surface area (Å²) >= 11 is 0. The monoisotopic (exact) mass is 404 g/mol. The molecule has 1 aromatic heterocycles. The van der Waals surface area contributed by atoms with Gasteiger partial charge in [-0.15, -0.1) is 0 Å². The van der Waals surface area contributed by atoms with Gasteiger partial charge in [-0.2, -0.15) is 4.98 Å². The summed E-state index contributed by atoms with van der Waals surface area (Å²) in [4.78, 5) is 23.9. The third-order valence-corrected chi connectivity index (χ3v) is 5.61. The highest BCUT2D eigenvalue weighted by Crippen LogP contribution is 2.26. The Bertz CT molecular complexity index is 1040. The Kier molecular flexibility index (Phi) is 5.70. The maximum Gasteiger partial charge on any atom is 0.253 e. The van der Waals surface area contributed by atoms with Crippen LogP contribution in [0.2, 0.25) is 0 Å². The van der Waals surface area contributed by atoms with Crippen molar-refractivity contribution in [2.45, 2.75) is 37.8 Å². The van der Waals surface area contributed by atoms with Crippen molar-refractivity contribution in [1.82, 2.24) is 15.3 Å². The molecule has 0 bridgehead atoms. The molecule has 1 aliphatic rings. The van der Waals surface area contributed by atoms with E-state index in [2.05, 4.69) is 10.6 Å². The van der Waals surface area contributed by atoms with Crippen molar-refractivity contribution in [3.05, 3.63) is 54.1 Å². The van der Waals surface area contributed by atoms with Gasteiger partial charge in [0.05, 0.1) is 11.1 Å². The largest absolute Gasteiger partial charge is 0.398 e. The number of hydrogen-bond acceptors (Lipinski definition) is 6. The molecule has 30 heavy (non-hydrogen) atoms. The highest BCUT2D eigenvalue weighted by Gasteiger charge is 2.24. The zero-order valence-corrected chi connectivity index (χ0v) is 17.4. The molecule has 0 saturated heterocycles. The van der Waals surface area contributed by atoms with Gasteiger partial charge in [0.2, 0.25) is 5.95 Å². The highest BCUT2D eigenvalue weighted by molar-refractivity contribution is 5.99. The van der Waals surface area contributed by atoms with Gasteiger partial charge in [0.1, 0.15) is 5.82 Å². The molecule has 2 aromatic carbocycles. The fourth-order valence-corrected chi connectivity index (χ4v) is 4.00. The lowest BCUT2D eigenvalue weighted by Gasteiger charge is -2.30. The van der Waals surface area contributed by atoms with Crippen LogP contribution in [0, 0.1) is 0 Å². The van der Waals surface area contributed by atoms with E-state index >= 15 is 0 Å². The van der Waals surface area contributed by atoms with E-state index in [9.17, 15) is 4.79 Å². The Hall–Kier alpha value is -3.35. The average Bonchev–Trinajstić information content (AvgIpc) is 2.74. The molecule has 1 aliphatic carbocycles. The Morgan fingerprint density at radius 1 is 0.967 bits per heavy atom. The number of benzene rings is 2. The Morgan fingerprint density at radius 3 is 2.37 bits per heavy atom. The third-order valence-electron chi connectivity index (χ3n) is 5.61. The van der Waals surface area contributed by atoms with Crippen LogP contribution in [-0.4, -0.2) is 42.1 Å². The fraction of sp³-hybridized carbons (Fsp3) is 0.348. The van der Waals surface area contributed by atoms with E-state index in [1.165, 1.54) is 0 Å². The molecular weight excluding hydrogens is 376 g/mol. The first kappa shape index (κ1) is 19.9. The quantitative estimate of drug-likeness (QED) is 0.564. The number of nitrogens with two attached hydrogens (primary N) is 1. The lowest BCUT2D eigenvalue weighted by atomic mass is 9.91. The van der Waals surface area contributed by atoms with Gasteiger partial charge >= 0.3 is 0 Å².